The van der Waals surface area contributed by atoms with Crippen LogP contribution in [0, 0.1) is 0 Å². The Labute approximate surface area is 101 Å². The number of nitrogens with zero attached hydrogens (tertiary/aromatic N) is 3. The summed E-state index contributed by atoms with van der Waals surface area (Å²) in [5.41, 5.74) is 5.08. The van der Waals surface area contributed by atoms with Crippen molar-refractivity contribution in [1.29, 1.82) is 0 Å². The molecule has 0 saturated heterocycles. The van der Waals surface area contributed by atoms with E-state index >= 15 is 0 Å². The Bertz CT molecular complexity index is 492. The number of thioether (sulfide) groups is 1. The maximum Gasteiger partial charge on any atom is 0.227 e. The van der Waals surface area contributed by atoms with Gasteiger partial charge in [0.25, 0.3) is 0 Å². The molecule has 2 aromatic heterocycles. The Hall–Kier alpha value is -1.34. The highest BCUT2D eigenvalue weighted by Gasteiger charge is 2.12. The molecule has 0 aliphatic carbocycles. The van der Waals surface area contributed by atoms with E-state index < -0.39 is 0 Å². The summed E-state index contributed by atoms with van der Waals surface area (Å²) in [5, 5.41) is 10.8. The van der Waals surface area contributed by atoms with Gasteiger partial charge in [0.2, 0.25) is 5.91 Å². The zero-order valence-corrected chi connectivity index (χ0v) is 10.2. The Kier molecular flexibility index (Phi) is 3.25. The molecule has 16 heavy (non-hydrogen) atoms. The number of hydrogen-bond donors (Lipinski definition) is 1. The zero-order chi connectivity index (χ0) is 11.5. The molecule has 1 amide bonds. The lowest BCUT2D eigenvalue weighted by molar-refractivity contribution is -0.115. The predicted octanol–water partition coefficient (Wildman–Crippen LogP) is 1.12. The normalized spacial score (nSPS) is 10.6. The average Bonchev–Trinajstić information content (AvgIpc) is 2.84. The van der Waals surface area contributed by atoms with Crippen LogP contribution in [0.15, 0.2) is 22.7 Å². The van der Waals surface area contributed by atoms with Crippen LogP contribution in [-0.2, 0) is 11.8 Å². The van der Waals surface area contributed by atoms with Crippen molar-refractivity contribution < 1.29 is 4.79 Å². The van der Waals surface area contributed by atoms with Gasteiger partial charge in [0.15, 0.2) is 11.0 Å². The molecule has 2 N–H and O–H groups in total. The second kappa shape index (κ2) is 4.67. The van der Waals surface area contributed by atoms with E-state index in [1.54, 1.807) is 11.3 Å². The summed E-state index contributed by atoms with van der Waals surface area (Å²) in [4.78, 5) is 11.7. The largest absolute Gasteiger partial charge is 0.369 e. The molecule has 0 saturated carbocycles. The quantitative estimate of drug-likeness (QED) is 0.830. The topological polar surface area (TPSA) is 73.8 Å². The van der Waals surface area contributed by atoms with Gasteiger partial charge in [-0.3, -0.25) is 4.79 Å². The molecule has 2 aromatic rings. The molecular weight excluding hydrogens is 244 g/mol. The summed E-state index contributed by atoms with van der Waals surface area (Å²) in [5.74, 6) is 0.670. The van der Waals surface area contributed by atoms with Gasteiger partial charge in [-0.2, -0.15) is 0 Å². The minimum Gasteiger partial charge on any atom is -0.369 e. The molecular formula is C9H10N4OS2. The van der Waals surface area contributed by atoms with E-state index in [2.05, 4.69) is 10.2 Å². The summed E-state index contributed by atoms with van der Waals surface area (Å²) in [6, 6.07) is 3.95. The third-order valence-corrected chi connectivity index (χ3v) is 3.83. The van der Waals surface area contributed by atoms with E-state index in [1.807, 2.05) is 29.1 Å². The molecule has 2 rings (SSSR count). The highest BCUT2D eigenvalue weighted by atomic mass is 32.2. The summed E-state index contributed by atoms with van der Waals surface area (Å²) in [7, 11) is 1.87. The first-order valence-electron chi connectivity index (χ1n) is 4.53. The highest BCUT2D eigenvalue weighted by molar-refractivity contribution is 7.99. The van der Waals surface area contributed by atoms with Gasteiger partial charge >= 0.3 is 0 Å². The third-order valence-electron chi connectivity index (χ3n) is 1.92. The zero-order valence-electron chi connectivity index (χ0n) is 8.58. The molecule has 84 valence electrons. The second-order valence-corrected chi connectivity index (χ2v) is 4.99. The van der Waals surface area contributed by atoms with E-state index in [0.717, 1.165) is 10.7 Å². The number of aromatic nitrogens is 3. The van der Waals surface area contributed by atoms with Gasteiger partial charge in [-0.25, -0.2) is 0 Å². The molecule has 7 heteroatoms. The first kappa shape index (κ1) is 11.2. The van der Waals surface area contributed by atoms with E-state index in [1.165, 1.54) is 11.8 Å². The van der Waals surface area contributed by atoms with Crippen LogP contribution < -0.4 is 5.73 Å². The van der Waals surface area contributed by atoms with E-state index in [-0.39, 0.29) is 11.7 Å². The third kappa shape index (κ3) is 2.25. The van der Waals surface area contributed by atoms with Crippen LogP contribution >= 0.6 is 23.1 Å². The molecule has 0 radical (unpaired) electrons. The molecule has 0 aliphatic rings. The smallest absolute Gasteiger partial charge is 0.227 e. The summed E-state index contributed by atoms with van der Waals surface area (Å²) >= 11 is 2.90. The van der Waals surface area contributed by atoms with Crippen molar-refractivity contribution in [1.82, 2.24) is 14.8 Å². The fourth-order valence-electron chi connectivity index (χ4n) is 1.20. The summed E-state index contributed by atoms with van der Waals surface area (Å²) < 4.78 is 1.86. The van der Waals surface area contributed by atoms with Gasteiger partial charge in [-0.05, 0) is 11.4 Å². The molecule has 0 spiro atoms. The number of amides is 1. The van der Waals surface area contributed by atoms with Crippen molar-refractivity contribution in [2.75, 3.05) is 5.75 Å². The molecule has 0 unspecified atom stereocenters. The lowest BCUT2D eigenvalue weighted by Crippen LogP contribution is -2.13. The number of carbonyl (C=O) groups is 1. The maximum absolute atomic E-state index is 10.7. The maximum atomic E-state index is 10.7. The fourth-order valence-corrected chi connectivity index (χ4v) is 2.59. The van der Waals surface area contributed by atoms with E-state index in [9.17, 15) is 4.79 Å². The van der Waals surface area contributed by atoms with Crippen LogP contribution in [0.2, 0.25) is 0 Å². The van der Waals surface area contributed by atoms with Gasteiger partial charge in [0, 0.05) is 7.05 Å². The van der Waals surface area contributed by atoms with Gasteiger partial charge in [0.05, 0.1) is 10.6 Å². The van der Waals surface area contributed by atoms with Crippen molar-refractivity contribution >= 4 is 29.0 Å². The minimum atomic E-state index is -0.356. The Morgan fingerprint density at radius 2 is 2.44 bits per heavy atom. The fraction of sp³-hybridized carbons (Fsp3) is 0.222. The lowest BCUT2D eigenvalue weighted by atomic mass is 10.4. The van der Waals surface area contributed by atoms with E-state index in [4.69, 9.17) is 5.73 Å². The van der Waals surface area contributed by atoms with E-state index in [0.29, 0.717) is 5.16 Å². The van der Waals surface area contributed by atoms with Crippen LogP contribution in [-0.4, -0.2) is 26.4 Å². The first-order chi connectivity index (χ1) is 7.68. The molecule has 5 nitrogen and oxygen atoms in total. The monoisotopic (exact) mass is 254 g/mol. The van der Waals surface area contributed by atoms with Crippen molar-refractivity contribution in [3.8, 4) is 10.7 Å². The molecule has 0 aromatic carbocycles. The van der Waals surface area contributed by atoms with Crippen molar-refractivity contribution in [2.45, 2.75) is 5.16 Å². The molecule has 0 bridgehead atoms. The van der Waals surface area contributed by atoms with Crippen molar-refractivity contribution in [3.63, 3.8) is 0 Å². The Morgan fingerprint density at radius 1 is 1.62 bits per heavy atom. The Morgan fingerprint density at radius 3 is 3.06 bits per heavy atom. The number of rotatable bonds is 4. The van der Waals surface area contributed by atoms with Crippen molar-refractivity contribution in [3.05, 3.63) is 17.5 Å². The summed E-state index contributed by atoms with van der Waals surface area (Å²) in [6.07, 6.45) is 0. The van der Waals surface area contributed by atoms with Crippen LogP contribution in [0.4, 0.5) is 0 Å². The number of thiophene rings is 1. The number of carbonyl (C=O) groups excluding carboxylic acids is 1. The molecule has 2 heterocycles. The standard InChI is InChI=1S/C9H10N4OS2/c1-13-8(6-3-2-4-15-6)11-12-9(13)16-5-7(10)14/h2-4H,5H2,1H3,(H2,10,14). The minimum absolute atomic E-state index is 0.219. The molecule has 0 aliphatic heterocycles. The van der Waals surface area contributed by atoms with Gasteiger partial charge in [-0.1, -0.05) is 17.8 Å². The summed E-state index contributed by atoms with van der Waals surface area (Å²) in [6.45, 7) is 0. The van der Waals surface area contributed by atoms with Crippen molar-refractivity contribution in [2.24, 2.45) is 12.8 Å². The van der Waals surface area contributed by atoms with Gasteiger partial charge < -0.3 is 10.3 Å². The van der Waals surface area contributed by atoms with Crippen LogP contribution in [0.1, 0.15) is 0 Å². The van der Waals surface area contributed by atoms with Gasteiger partial charge in [-0.15, -0.1) is 21.5 Å². The lowest BCUT2D eigenvalue weighted by Gasteiger charge is -2.00. The molecule has 0 atom stereocenters. The SMILES string of the molecule is Cn1c(SCC(N)=O)nnc1-c1cccs1. The Balaban J connectivity index is 2.21. The molecule has 0 fully saturated rings. The number of nitrogens with two attached hydrogens (primary N) is 1. The highest BCUT2D eigenvalue weighted by Crippen LogP contribution is 2.25. The second-order valence-electron chi connectivity index (χ2n) is 3.10. The van der Waals surface area contributed by atoms with Gasteiger partial charge in [0.1, 0.15) is 0 Å². The predicted molar refractivity (Wildman–Crippen MR) is 64.2 cm³/mol. The average molecular weight is 254 g/mol. The number of primary amides is 1. The number of hydrogen-bond acceptors (Lipinski definition) is 5. The van der Waals surface area contributed by atoms with Crippen LogP contribution in [0.3, 0.4) is 0 Å². The first-order valence-corrected chi connectivity index (χ1v) is 6.39. The van der Waals surface area contributed by atoms with Crippen LogP contribution in [0.25, 0.3) is 10.7 Å². The van der Waals surface area contributed by atoms with Crippen LogP contribution in [0.5, 0.6) is 0 Å².